The lowest BCUT2D eigenvalue weighted by Gasteiger charge is -2.34. The highest BCUT2D eigenvalue weighted by Crippen LogP contribution is 2.27. The van der Waals surface area contributed by atoms with Gasteiger partial charge in [0.25, 0.3) is 5.91 Å². The predicted octanol–water partition coefficient (Wildman–Crippen LogP) is 2.34. The quantitative estimate of drug-likeness (QED) is 0.235. The molecule has 2 rings (SSSR count). The molecule has 0 heterocycles. The summed E-state index contributed by atoms with van der Waals surface area (Å²) in [4.78, 5) is 38.5. The number of carboxylic acid groups (broad SMARTS) is 1. The van der Waals surface area contributed by atoms with Crippen molar-refractivity contribution < 1.29 is 24.6 Å². The van der Waals surface area contributed by atoms with E-state index in [4.69, 9.17) is 17.3 Å². The summed E-state index contributed by atoms with van der Waals surface area (Å²) in [5, 5.41) is 22.4. The molecule has 0 radical (unpaired) electrons. The number of carbonyl (C=O) groups excluding carboxylic acids is 2. The van der Waals surface area contributed by atoms with Crippen LogP contribution in [0.2, 0.25) is 0 Å². The van der Waals surface area contributed by atoms with E-state index in [1.165, 1.54) is 0 Å². The molecule has 3 N–H and O–H groups in total. The number of hydrogen-bond donors (Lipinski definition) is 3. The molecule has 2 aliphatic carbocycles. The SMILES string of the molecule is CN(/C(O)=C(\C(=O)N(C=O)C1CCCCC1)C(=S)NCC(=O)O)C1CCCCC1. The summed E-state index contributed by atoms with van der Waals surface area (Å²) in [6.07, 6.45) is 9.83. The minimum absolute atomic E-state index is 0.0631. The number of aliphatic hydroxyl groups is 1. The van der Waals surface area contributed by atoms with Crippen molar-refractivity contribution in [2.45, 2.75) is 76.3 Å². The van der Waals surface area contributed by atoms with Crippen molar-refractivity contribution in [3.63, 3.8) is 0 Å². The van der Waals surface area contributed by atoms with Crippen molar-refractivity contribution >= 4 is 35.5 Å². The highest BCUT2D eigenvalue weighted by Gasteiger charge is 2.33. The van der Waals surface area contributed by atoms with Gasteiger partial charge in [0, 0.05) is 19.1 Å². The average Bonchev–Trinajstić information content (AvgIpc) is 2.73. The molecule has 0 aromatic heterocycles. The van der Waals surface area contributed by atoms with Crippen molar-refractivity contribution in [1.29, 1.82) is 0 Å². The number of carboxylic acids is 1. The minimum Gasteiger partial charge on any atom is -0.494 e. The molecule has 2 fully saturated rings. The molecule has 0 spiro atoms. The number of hydrogen-bond acceptors (Lipinski definition) is 6. The molecule has 2 saturated carbocycles. The van der Waals surface area contributed by atoms with E-state index in [1.54, 1.807) is 11.9 Å². The van der Waals surface area contributed by atoms with Gasteiger partial charge in [0.1, 0.15) is 17.1 Å². The van der Waals surface area contributed by atoms with Gasteiger partial charge < -0.3 is 20.4 Å². The molecule has 0 saturated heterocycles. The van der Waals surface area contributed by atoms with Gasteiger partial charge in [-0.25, -0.2) is 0 Å². The van der Waals surface area contributed by atoms with Gasteiger partial charge in [-0.3, -0.25) is 19.3 Å². The molecule has 8 nitrogen and oxygen atoms in total. The van der Waals surface area contributed by atoms with E-state index in [2.05, 4.69) is 5.32 Å². The molecule has 2 amide bonds. The van der Waals surface area contributed by atoms with Gasteiger partial charge in [0.05, 0.1) is 0 Å². The Bertz CT molecular complexity index is 655. The second kappa shape index (κ2) is 11.1. The lowest BCUT2D eigenvalue weighted by molar-refractivity contribution is -0.139. The highest BCUT2D eigenvalue weighted by molar-refractivity contribution is 7.80. The maximum Gasteiger partial charge on any atom is 0.322 e. The van der Waals surface area contributed by atoms with E-state index in [0.717, 1.165) is 56.3 Å². The van der Waals surface area contributed by atoms with Crippen LogP contribution < -0.4 is 5.32 Å². The molecule has 0 bridgehead atoms. The third kappa shape index (κ3) is 6.16. The maximum atomic E-state index is 13.3. The molecule has 0 aliphatic heterocycles. The van der Waals surface area contributed by atoms with Crippen LogP contribution in [0.1, 0.15) is 64.2 Å². The van der Waals surface area contributed by atoms with Gasteiger partial charge in [-0.1, -0.05) is 50.7 Å². The predicted molar refractivity (Wildman–Crippen MR) is 112 cm³/mol. The zero-order valence-corrected chi connectivity index (χ0v) is 17.7. The van der Waals surface area contributed by atoms with E-state index in [-0.39, 0.29) is 28.5 Å². The fraction of sp³-hybridized carbons (Fsp3) is 0.700. The van der Waals surface area contributed by atoms with E-state index in [1.807, 2.05) is 0 Å². The van der Waals surface area contributed by atoms with E-state index in [9.17, 15) is 19.5 Å². The lowest BCUT2D eigenvalue weighted by atomic mass is 9.93. The summed E-state index contributed by atoms with van der Waals surface area (Å²) < 4.78 is 0. The van der Waals surface area contributed by atoms with E-state index in [0.29, 0.717) is 19.3 Å². The summed E-state index contributed by atoms with van der Waals surface area (Å²) in [5.41, 5.74) is -0.216. The van der Waals surface area contributed by atoms with Crippen LogP contribution in [0.15, 0.2) is 11.5 Å². The van der Waals surface area contributed by atoms with Gasteiger partial charge in [-0.15, -0.1) is 0 Å². The van der Waals surface area contributed by atoms with Crippen LogP contribution in [0.3, 0.4) is 0 Å². The first-order chi connectivity index (χ1) is 13.9. The van der Waals surface area contributed by atoms with E-state index < -0.39 is 18.4 Å². The van der Waals surface area contributed by atoms with Gasteiger partial charge in [-0.05, 0) is 25.7 Å². The topological polar surface area (TPSA) is 110 Å². The number of nitrogens with one attached hydrogen (secondary N) is 1. The Morgan fingerprint density at radius 1 is 1.00 bits per heavy atom. The first kappa shape index (κ1) is 23.1. The number of imide groups is 1. The first-order valence-corrected chi connectivity index (χ1v) is 10.7. The summed E-state index contributed by atoms with van der Waals surface area (Å²) >= 11 is 5.25. The molecule has 0 aromatic rings. The Morgan fingerprint density at radius 2 is 1.52 bits per heavy atom. The van der Waals surface area contributed by atoms with Gasteiger partial charge >= 0.3 is 5.97 Å². The Balaban J connectivity index is 2.33. The molecule has 2 aliphatic rings. The summed E-state index contributed by atoms with van der Waals surface area (Å²) in [6, 6.07) is -0.174. The number of nitrogens with zero attached hydrogens (tertiary/aromatic N) is 2. The molecule has 162 valence electrons. The number of aliphatic hydroxyl groups excluding tert-OH is 1. The van der Waals surface area contributed by atoms with Crippen molar-refractivity contribution in [3.8, 4) is 0 Å². The summed E-state index contributed by atoms with van der Waals surface area (Å²) in [7, 11) is 1.70. The van der Waals surface area contributed by atoms with Crippen molar-refractivity contribution in [3.05, 3.63) is 11.5 Å². The van der Waals surface area contributed by atoms with Gasteiger partial charge in [0.2, 0.25) is 12.3 Å². The molecular formula is C20H31N3O5S. The highest BCUT2D eigenvalue weighted by atomic mass is 32.1. The monoisotopic (exact) mass is 425 g/mol. The number of amides is 2. The molecule has 0 atom stereocenters. The molecule has 0 aromatic carbocycles. The number of thiocarbonyl (C=S) groups is 1. The van der Waals surface area contributed by atoms with Crippen LogP contribution in [-0.2, 0) is 14.4 Å². The normalized spacial score (nSPS) is 19.1. The van der Waals surface area contributed by atoms with E-state index >= 15 is 0 Å². The average molecular weight is 426 g/mol. The van der Waals surface area contributed by atoms with Crippen LogP contribution in [0.5, 0.6) is 0 Å². The van der Waals surface area contributed by atoms with Crippen molar-refractivity contribution in [1.82, 2.24) is 15.1 Å². The third-order valence-electron chi connectivity index (χ3n) is 5.84. The van der Waals surface area contributed by atoms with Crippen LogP contribution in [0.4, 0.5) is 0 Å². The second-order valence-electron chi connectivity index (χ2n) is 7.79. The molecular weight excluding hydrogens is 394 g/mol. The summed E-state index contributed by atoms with van der Waals surface area (Å²) in [6.45, 7) is -0.486. The van der Waals surface area contributed by atoms with Gasteiger partial charge in [-0.2, -0.15) is 0 Å². The van der Waals surface area contributed by atoms with Crippen LogP contribution in [-0.4, -0.2) is 69.0 Å². The Hall–Kier alpha value is -2.16. The minimum atomic E-state index is -1.14. The van der Waals surface area contributed by atoms with Crippen molar-refractivity contribution in [2.75, 3.05) is 13.6 Å². The number of carbonyl (C=O) groups is 3. The third-order valence-corrected chi connectivity index (χ3v) is 6.19. The fourth-order valence-electron chi connectivity index (χ4n) is 4.14. The van der Waals surface area contributed by atoms with Crippen LogP contribution in [0, 0.1) is 0 Å². The maximum absolute atomic E-state index is 13.3. The first-order valence-electron chi connectivity index (χ1n) is 10.3. The zero-order chi connectivity index (χ0) is 21.4. The molecule has 9 heteroatoms. The second-order valence-corrected chi connectivity index (χ2v) is 8.20. The smallest absolute Gasteiger partial charge is 0.322 e. The van der Waals surface area contributed by atoms with Gasteiger partial charge in [0.15, 0.2) is 0 Å². The zero-order valence-electron chi connectivity index (χ0n) is 16.9. The number of rotatable bonds is 8. The Kier molecular flexibility index (Phi) is 8.88. The molecule has 29 heavy (non-hydrogen) atoms. The molecule has 0 unspecified atom stereocenters. The van der Waals surface area contributed by atoms with Crippen molar-refractivity contribution in [2.24, 2.45) is 0 Å². The fourth-order valence-corrected chi connectivity index (χ4v) is 4.40. The van der Waals surface area contributed by atoms with Crippen LogP contribution >= 0.6 is 12.2 Å². The largest absolute Gasteiger partial charge is 0.494 e. The Labute approximate surface area is 176 Å². The number of aliphatic carboxylic acids is 1. The summed E-state index contributed by atoms with van der Waals surface area (Å²) in [5.74, 6) is -2.14. The van der Waals surface area contributed by atoms with Crippen LogP contribution in [0.25, 0.3) is 0 Å². The lowest BCUT2D eigenvalue weighted by Crippen LogP contribution is -2.46. The Morgan fingerprint density at radius 3 is 2.00 bits per heavy atom. The standard InChI is InChI=1S/C20H31N3O5S/c1-22(14-8-4-2-5-9-14)19(27)17(18(29)21-12-16(25)26)20(28)23(13-24)15-10-6-3-7-11-15/h13-15,27H,2-12H2,1H3,(H,21,29)(H,25,26)/b19-17+.